The number of rotatable bonds is 14. The van der Waals surface area contributed by atoms with Gasteiger partial charge in [-0.3, -0.25) is 4.79 Å². The molecule has 6 nitrogen and oxygen atoms in total. The highest BCUT2D eigenvalue weighted by atomic mass is 16.7. The molecule has 0 atom stereocenters. The number of ketones is 1. The van der Waals surface area contributed by atoms with E-state index in [0.29, 0.717) is 32.6 Å². The Hall–Kier alpha value is -0.980. The van der Waals surface area contributed by atoms with Crippen molar-refractivity contribution in [1.29, 1.82) is 0 Å². The summed E-state index contributed by atoms with van der Waals surface area (Å²) in [5.41, 5.74) is -0.271. The van der Waals surface area contributed by atoms with Crippen LogP contribution in [-0.4, -0.2) is 50.8 Å². The zero-order valence-corrected chi connectivity index (χ0v) is 18.1. The van der Waals surface area contributed by atoms with Crippen molar-refractivity contribution < 1.29 is 19.1 Å². The van der Waals surface area contributed by atoms with Crippen LogP contribution in [-0.2, 0) is 19.1 Å². The summed E-state index contributed by atoms with van der Waals surface area (Å²) in [6.07, 6.45) is 1.78. The minimum Gasteiger partial charge on any atom is -0.354 e. The van der Waals surface area contributed by atoms with Gasteiger partial charge in [-0.25, -0.2) is 0 Å². The van der Waals surface area contributed by atoms with Crippen molar-refractivity contribution >= 4 is 11.7 Å². The third kappa shape index (κ3) is 13.3. The Bertz CT molecular complexity index is 445. The Morgan fingerprint density at radius 2 is 1.35 bits per heavy atom. The summed E-state index contributed by atoms with van der Waals surface area (Å²) in [6.45, 7) is 15.8. The van der Waals surface area contributed by atoms with Gasteiger partial charge in [0.2, 0.25) is 5.91 Å². The van der Waals surface area contributed by atoms with Gasteiger partial charge in [0.25, 0.3) is 0 Å². The maximum atomic E-state index is 12.2. The maximum absolute atomic E-state index is 12.2. The van der Waals surface area contributed by atoms with E-state index in [2.05, 4.69) is 38.3 Å². The number of amides is 1. The average Bonchev–Trinajstić information content (AvgIpc) is 2.40. The van der Waals surface area contributed by atoms with Crippen molar-refractivity contribution in [3.8, 4) is 0 Å². The fraction of sp³-hybridized carbons (Fsp3) is 0.900. The summed E-state index contributed by atoms with van der Waals surface area (Å²) in [5.74, 6) is -0.476. The average molecular weight is 373 g/mol. The number of nitrogens with one attached hydrogen (secondary N) is 2. The highest BCUT2D eigenvalue weighted by molar-refractivity contribution is 5.77. The summed E-state index contributed by atoms with van der Waals surface area (Å²) < 4.78 is 11.3. The predicted molar refractivity (Wildman–Crippen MR) is 105 cm³/mol. The Kier molecular flexibility index (Phi) is 10.6. The van der Waals surface area contributed by atoms with Gasteiger partial charge in [0, 0.05) is 25.9 Å². The topological polar surface area (TPSA) is 76.7 Å². The highest BCUT2D eigenvalue weighted by Gasteiger charge is 2.31. The van der Waals surface area contributed by atoms with E-state index in [4.69, 9.17) is 9.47 Å². The lowest BCUT2D eigenvalue weighted by atomic mass is 9.71. The smallest absolute Gasteiger partial charge is 0.220 e. The molecule has 2 N–H and O–H groups in total. The van der Waals surface area contributed by atoms with E-state index in [-0.39, 0.29) is 22.5 Å². The molecule has 26 heavy (non-hydrogen) atoms. The second-order valence-corrected chi connectivity index (χ2v) is 9.11. The number of hydrogen-bond donors (Lipinski definition) is 2. The monoisotopic (exact) mass is 372 g/mol. The zero-order valence-electron chi connectivity index (χ0n) is 18.1. The van der Waals surface area contributed by atoms with Crippen molar-refractivity contribution in [3.05, 3.63) is 0 Å². The van der Waals surface area contributed by atoms with E-state index in [1.807, 2.05) is 20.9 Å². The summed E-state index contributed by atoms with van der Waals surface area (Å²) >= 11 is 0. The van der Waals surface area contributed by atoms with Crippen molar-refractivity contribution in [2.24, 2.45) is 10.8 Å². The molecular formula is C20H40N2O4. The number of hydrogen-bond acceptors (Lipinski definition) is 5. The lowest BCUT2D eigenvalue weighted by Crippen LogP contribution is -2.37. The number of ether oxygens (including phenoxy) is 2. The second kappa shape index (κ2) is 11.0. The van der Waals surface area contributed by atoms with Crippen molar-refractivity contribution in [3.63, 3.8) is 0 Å². The van der Waals surface area contributed by atoms with E-state index >= 15 is 0 Å². The van der Waals surface area contributed by atoms with Gasteiger partial charge >= 0.3 is 0 Å². The molecular weight excluding hydrogens is 332 g/mol. The molecule has 0 radical (unpaired) electrons. The fourth-order valence-corrected chi connectivity index (χ4v) is 3.52. The lowest BCUT2D eigenvalue weighted by Gasteiger charge is -2.34. The van der Waals surface area contributed by atoms with Crippen LogP contribution in [0.2, 0.25) is 0 Å². The molecule has 0 aromatic heterocycles. The molecule has 0 aromatic carbocycles. The van der Waals surface area contributed by atoms with Gasteiger partial charge in [0.1, 0.15) is 5.78 Å². The van der Waals surface area contributed by atoms with Crippen LogP contribution in [0.25, 0.3) is 0 Å². The minimum absolute atomic E-state index is 0.00568. The summed E-state index contributed by atoms with van der Waals surface area (Å²) in [6, 6.07) is 0. The van der Waals surface area contributed by atoms with Gasteiger partial charge in [-0.1, -0.05) is 27.7 Å². The first-order valence-electron chi connectivity index (χ1n) is 9.47. The van der Waals surface area contributed by atoms with Crippen LogP contribution in [0.15, 0.2) is 0 Å². The molecule has 0 aliphatic carbocycles. The molecule has 0 saturated heterocycles. The van der Waals surface area contributed by atoms with Crippen LogP contribution in [0.1, 0.15) is 67.7 Å². The minimum atomic E-state index is -0.669. The van der Waals surface area contributed by atoms with Crippen LogP contribution < -0.4 is 10.6 Å². The number of carbonyl (C=O) groups is 2. The molecule has 0 aromatic rings. The van der Waals surface area contributed by atoms with Crippen molar-refractivity contribution in [2.45, 2.75) is 73.5 Å². The molecule has 0 saturated carbocycles. The zero-order chi connectivity index (χ0) is 20.4. The van der Waals surface area contributed by atoms with Gasteiger partial charge in [-0.05, 0) is 45.1 Å². The Morgan fingerprint density at radius 3 is 1.85 bits per heavy atom. The predicted octanol–water partition coefficient (Wildman–Crippen LogP) is 2.90. The van der Waals surface area contributed by atoms with Crippen LogP contribution in [0.4, 0.5) is 0 Å². The SMILES string of the molecule is CNCCOC(C)(C)OCCNC(=O)CC(C)(C)CC(C)(C)CC(C)=O. The van der Waals surface area contributed by atoms with Crippen LogP contribution in [0.5, 0.6) is 0 Å². The van der Waals surface area contributed by atoms with Gasteiger partial charge in [0.05, 0.1) is 13.2 Å². The first-order chi connectivity index (χ1) is 11.8. The summed E-state index contributed by atoms with van der Waals surface area (Å²) in [4.78, 5) is 23.6. The van der Waals surface area contributed by atoms with Gasteiger partial charge < -0.3 is 24.9 Å². The van der Waals surface area contributed by atoms with Crippen LogP contribution in [0, 0.1) is 10.8 Å². The molecule has 6 heteroatoms. The molecule has 0 unspecified atom stereocenters. The van der Waals surface area contributed by atoms with E-state index in [0.717, 1.165) is 13.0 Å². The number of carbonyl (C=O) groups excluding carboxylic acids is 2. The first kappa shape index (κ1) is 25.0. The summed E-state index contributed by atoms with van der Waals surface area (Å²) in [7, 11) is 1.87. The molecule has 0 spiro atoms. The van der Waals surface area contributed by atoms with Gasteiger partial charge in [-0.2, -0.15) is 0 Å². The maximum Gasteiger partial charge on any atom is 0.220 e. The lowest BCUT2D eigenvalue weighted by molar-refractivity contribution is -0.211. The second-order valence-electron chi connectivity index (χ2n) is 9.11. The van der Waals surface area contributed by atoms with E-state index < -0.39 is 5.79 Å². The van der Waals surface area contributed by atoms with Gasteiger partial charge in [-0.15, -0.1) is 0 Å². The largest absolute Gasteiger partial charge is 0.354 e. The van der Waals surface area contributed by atoms with Gasteiger partial charge in [0.15, 0.2) is 5.79 Å². The molecule has 0 aliphatic heterocycles. The third-order valence-electron chi connectivity index (χ3n) is 4.00. The number of likely N-dealkylation sites (N-methyl/N-ethyl adjacent to an activating group) is 1. The molecule has 0 heterocycles. The quantitative estimate of drug-likeness (QED) is 0.362. The van der Waals surface area contributed by atoms with Crippen molar-refractivity contribution in [1.82, 2.24) is 10.6 Å². The standard InChI is InChI=1S/C20H40N2O4/c1-16(23)13-18(2,3)15-19(4,5)14-17(24)22-10-12-26-20(6,7)25-11-9-21-8/h21H,9-15H2,1-8H3,(H,22,24). The molecule has 1 amide bonds. The van der Waals surface area contributed by atoms with E-state index in [9.17, 15) is 9.59 Å². The third-order valence-corrected chi connectivity index (χ3v) is 4.00. The fourth-order valence-electron chi connectivity index (χ4n) is 3.52. The molecule has 0 rings (SSSR count). The summed E-state index contributed by atoms with van der Waals surface area (Å²) in [5, 5.41) is 5.92. The van der Waals surface area contributed by atoms with Crippen LogP contribution >= 0.6 is 0 Å². The molecule has 0 fully saturated rings. The Labute approximate surface area is 159 Å². The molecule has 154 valence electrons. The molecule has 0 aliphatic rings. The normalized spacial score (nSPS) is 12.9. The van der Waals surface area contributed by atoms with Crippen LogP contribution in [0.3, 0.4) is 0 Å². The molecule has 0 bridgehead atoms. The number of Topliss-reactive ketones (excluding diaryl/α,β-unsaturated/α-hetero) is 1. The first-order valence-corrected chi connectivity index (χ1v) is 9.47. The van der Waals surface area contributed by atoms with Crippen molar-refractivity contribution in [2.75, 3.05) is 33.4 Å². The highest BCUT2D eigenvalue weighted by Crippen LogP contribution is 2.38. The Morgan fingerprint density at radius 1 is 0.846 bits per heavy atom. The van der Waals surface area contributed by atoms with E-state index in [1.54, 1.807) is 6.92 Å². The Balaban J connectivity index is 4.19. The van der Waals surface area contributed by atoms with E-state index in [1.165, 1.54) is 0 Å².